The highest BCUT2D eigenvalue weighted by Crippen LogP contribution is 2.36. The quantitative estimate of drug-likeness (QED) is 0.168. The molecule has 0 bridgehead atoms. The van der Waals surface area contributed by atoms with Crippen LogP contribution in [-0.4, -0.2) is 24.8 Å². The highest BCUT2D eigenvalue weighted by atomic mass is 19.3. The second kappa shape index (κ2) is 14.1. The number of amides is 1. The first-order valence-electron chi connectivity index (χ1n) is 16.1. The molecule has 1 atom stereocenters. The number of ketones is 1. The Hall–Kier alpha value is -5.10. The minimum atomic E-state index is -2.93. The Morgan fingerprint density at radius 3 is 2.00 bits per heavy atom. The first-order chi connectivity index (χ1) is 22.8. The van der Waals surface area contributed by atoms with Gasteiger partial charge in [0, 0.05) is 54.9 Å². The number of nitrogens with one attached hydrogen (secondary N) is 1. The molecule has 1 fully saturated rings. The predicted octanol–water partition coefficient (Wildman–Crippen LogP) is 9.53. The third-order valence-electron chi connectivity index (χ3n) is 9.10. The molecule has 1 aliphatic heterocycles. The maximum absolute atomic E-state index is 13.7. The van der Waals surface area contributed by atoms with Crippen LogP contribution in [-0.2, 0) is 17.1 Å². The van der Waals surface area contributed by atoms with Crippen molar-refractivity contribution in [2.45, 2.75) is 38.0 Å². The van der Waals surface area contributed by atoms with Crippen LogP contribution in [0.1, 0.15) is 52.7 Å². The van der Waals surface area contributed by atoms with Crippen molar-refractivity contribution >= 4 is 23.1 Å². The fourth-order valence-corrected chi connectivity index (χ4v) is 6.61. The van der Waals surface area contributed by atoms with Crippen LogP contribution in [0, 0.1) is 5.92 Å². The number of Topliss-reactive ketones (excluding diaryl/α,β-unsaturated/α-hetero) is 1. The largest absolute Gasteiger partial charge is 0.372 e. The van der Waals surface area contributed by atoms with E-state index in [9.17, 15) is 18.4 Å². The Morgan fingerprint density at radius 2 is 1.36 bits per heavy atom. The summed E-state index contributed by atoms with van der Waals surface area (Å²) in [7, 11) is 0. The van der Waals surface area contributed by atoms with E-state index in [0.717, 1.165) is 49.7 Å². The SMILES string of the molecule is CC(F)(F)c1ccc(-c2ccccc2C(=O)Nc2ccc(N3CCC(C(C(=O)Cc4ccccc4)c4ccccc4)CC3)cc2)cc1. The van der Waals surface area contributed by atoms with E-state index >= 15 is 0 Å². The third kappa shape index (κ3) is 7.66. The number of halogens is 2. The molecule has 0 radical (unpaired) electrons. The summed E-state index contributed by atoms with van der Waals surface area (Å²) < 4.78 is 27.4. The van der Waals surface area contributed by atoms with Gasteiger partial charge in [0.25, 0.3) is 11.8 Å². The number of nitrogens with zero attached hydrogens (tertiary/aromatic N) is 1. The molecule has 5 aromatic rings. The smallest absolute Gasteiger partial charge is 0.270 e. The summed E-state index contributed by atoms with van der Waals surface area (Å²) in [6, 6.07) is 41.2. The van der Waals surface area contributed by atoms with Gasteiger partial charge in [-0.15, -0.1) is 0 Å². The molecule has 6 heteroatoms. The minimum Gasteiger partial charge on any atom is -0.372 e. The highest BCUT2D eigenvalue weighted by Gasteiger charge is 2.32. The van der Waals surface area contributed by atoms with Gasteiger partial charge in [-0.05, 0) is 71.3 Å². The average molecular weight is 629 g/mol. The Bertz CT molecular complexity index is 1790. The van der Waals surface area contributed by atoms with Crippen molar-refractivity contribution < 1.29 is 18.4 Å². The Balaban J connectivity index is 1.10. The molecule has 1 amide bonds. The number of carbonyl (C=O) groups is 2. The minimum absolute atomic E-state index is 0.0694. The topological polar surface area (TPSA) is 49.4 Å². The molecule has 0 spiro atoms. The molecule has 1 unspecified atom stereocenters. The normalized spacial score (nSPS) is 14.4. The van der Waals surface area contributed by atoms with Crippen molar-refractivity contribution in [2.24, 2.45) is 5.92 Å². The van der Waals surface area contributed by atoms with Crippen LogP contribution in [0.5, 0.6) is 0 Å². The van der Waals surface area contributed by atoms with Crippen LogP contribution in [0.3, 0.4) is 0 Å². The van der Waals surface area contributed by atoms with Gasteiger partial charge in [0.05, 0.1) is 0 Å². The third-order valence-corrected chi connectivity index (χ3v) is 9.10. The lowest BCUT2D eigenvalue weighted by Crippen LogP contribution is -2.37. The van der Waals surface area contributed by atoms with Crippen LogP contribution in [0.15, 0.2) is 133 Å². The van der Waals surface area contributed by atoms with Crippen molar-refractivity contribution in [3.05, 3.63) is 156 Å². The molecule has 1 saturated heterocycles. The maximum atomic E-state index is 13.7. The number of rotatable bonds is 10. The van der Waals surface area contributed by atoms with Crippen LogP contribution in [0.2, 0.25) is 0 Å². The van der Waals surface area contributed by atoms with E-state index in [1.165, 1.54) is 12.1 Å². The van der Waals surface area contributed by atoms with Crippen molar-refractivity contribution in [3.63, 3.8) is 0 Å². The summed E-state index contributed by atoms with van der Waals surface area (Å²) in [5.74, 6) is -2.81. The fraction of sp³-hybridized carbons (Fsp3) is 0.220. The lowest BCUT2D eigenvalue weighted by molar-refractivity contribution is -0.121. The van der Waals surface area contributed by atoms with E-state index in [1.54, 1.807) is 24.3 Å². The molecular weight excluding hydrogens is 590 g/mol. The molecule has 238 valence electrons. The number of hydrogen-bond acceptors (Lipinski definition) is 3. The van der Waals surface area contributed by atoms with Crippen LogP contribution in [0.25, 0.3) is 11.1 Å². The van der Waals surface area contributed by atoms with Gasteiger partial charge >= 0.3 is 0 Å². The van der Waals surface area contributed by atoms with Crippen molar-refractivity contribution in [1.29, 1.82) is 0 Å². The van der Waals surface area contributed by atoms with Crippen LogP contribution < -0.4 is 10.2 Å². The van der Waals surface area contributed by atoms with E-state index < -0.39 is 5.92 Å². The molecule has 0 aromatic heterocycles. The number of piperidine rings is 1. The summed E-state index contributed by atoms with van der Waals surface area (Å²) in [6.45, 7) is 2.55. The summed E-state index contributed by atoms with van der Waals surface area (Å²) >= 11 is 0. The van der Waals surface area contributed by atoms with Crippen LogP contribution in [0.4, 0.5) is 20.2 Å². The first-order valence-corrected chi connectivity index (χ1v) is 16.1. The van der Waals surface area contributed by atoms with Crippen molar-refractivity contribution in [1.82, 2.24) is 0 Å². The van der Waals surface area contributed by atoms with Crippen molar-refractivity contribution in [3.8, 4) is 11.1 Å². The van der Waals surface area contributed by atoms with Gasteiger partial charge in [-0.25, -0.2) is 8.78 Å². The number of hydrogen-bond donors (Lipinski definition) is 1. The van der Waals surface area contributed by atoms with Gasteiger partial charge in [0.1, 0.15) is 5.78 Å². The molecule has 1 heterocycles. The monoisotopic (exact) mass is 628 g/mol. The standard InChI is InChI=1S/C41H38F2N2O2/c1-41(42,43)33-18-16-30(17-19-33)36-14-8-9-15-37(36)40(47)44-34-20-22-35(23-21-34)45-26-24-32(25-27-45)39(31-12-6-3-7-13-31)38(46)28-29-10-4-2-5-11-29/h2-23,32,39H,24-28H2,1H3,(H,44,47). The van der Waals surface area contributed by atoms with Gasteiger partial charge in [-0.1, -0.05) is 103 Å². The number of benzene rings is 5. The molecule has 4 nitrogen and oxygen atoms in total. The molecular formula is C41H38F2N2O2. The van der Waals surface area contributed by atoms with Crippen LogP contribution >= 0.6 is 0 Å². The Morgan fingerprint density at radius 1 is 0.766 bits per heavy atom. The summed E-state index contributed by atoms with van der Waals surface area (Å²) in [6.07, 6.45) is 2.25. The lowest BCUT2D eigenvalue weighted by Gasteiger charge is -2.37. The Labute approximate surface area is 275 Å². The van der Waals surface area contributed by atoms with E-state index in [2.05, 4.69) is 22.3 Å². The summed E-state index contributed by atoms with van der Waals surface area (Å²) in [5, 5.41) is 2.99. The second-order valence-electron chi connectivity index (χ2n) is 12.4. The zero-order chi connectivity index (χ0) is 32.8. The van der Waals surface area contributed by atoms with E-state index in [4.69, 9.17) is 0 Å². The van der Waals surface area contributed by atoms with E-state index in [-0.39, 0.29) is 29.1 Å². The number of carbonyl (C=O) groups excluding carboxylic acids is 2. The first kappa shape index (κ1) is 31.9. The van der Waals surface area contributed by atoms with E-state index in [1.807, 2.05) is 84.9 Å². The summed E-state index contributed by atoms with van der Waals surface area (Å²) in [5.41, 5.74) is 5.63. The highest BCUT2D eigenvalue weighted by molar-refractivity contribution is 6.08. The number of alkyl halides is 2. The van der Waals surface area contributed by atoms with Crippen molar-refractivity contribution in [2.75, 3.05) is 23.3 Å². The van der Waals surface area contributed by atoms with Gasteiger partial charge in [-0.3, -0.25) is 9.59 Å². The van der Waals surface area contributed by atoms with E-state index in [0.29, 0.717) is 28.8 Å². The number of anilines is 2. The second-order valence-corrected chi connectivity index (χ2v) is 12.4. The molecule has 0 saturated carbocycles. The fourth-order valence-electron chi connectivity index (χ4n) is 6.61. The summed E-state index contributed by atoms with van der Waals surface area (Å²) in [4.78, 5) is 29.3. The zero-order valence-corrected chi connectivity index (χ0v) is 26.4. The van der Waals surface area contributed by atoms with Gasteiger partial charge in [0.15, 0.2) is 0 Å². The van der Waals surface area contributed by atoms with Gasteiger partial charge < -0.3 is 10.2 Å². The lowest BCUT2D eigenvalue weighted by atomic mass is 9.76. The average Bonchev–Trinajstić information content (AvgIpc) is 3.10. The van der Waals surface area contributed by atoms with Gasteiger partial charge in [-0.2, -0.15) is 0 Å². The maximum Gasteiger partial charge on any atom is 0.270 e. The molecule has 47 heavy (non-hydrogen) atoms. The molecule has 1 aliphatic rings. The Kier molecular flexibility index (Phi) is 9.58. The molecule has 5 aromatic carbocycles. The predicted molar refractivity (Wildman–Crippen MR) is 185 cm³/mol. The molecule has 6 rings (SSSR count). The van der Waals surface area contributed by atoms with Gasteiger partial charge in [0.2, 0.25) is 0 Å². The molecule has 1 N–H and O–H groups in total. The zero-order valence-electron chi connectivity index (χ0n) is 26.4. The molecule has 0 aliphatic carbocycles.